The van der Waals surface area contributed by atoms with Gasteiger partial charge in [0.2, 0.25) is 11.7 Å². The van der Waals surface area contributed by atoms with Crippen molar-refractivity contribution in [3.63, 3.8) is 0 Å². The molecule has 0 aromatic carbocycles. The first-order valence-electron chi connectivity index (χ1n) is 5.90. The molecule has 1 fully saturated rings. The highest BCUT2D eigenvalue weighted by molar-refractivity contribution is 4.94. The van der Waals surface area contributed by atoms with Gasteiger partial charge in [0.1, 0.15) is 6.10 Å². The molecule has 1 aromatic rings. The van der Waals surface area contributed by atoms with Crippen molar-refractivity contribution >= 4 is 0 Å². The van der Waals surface area contributed by atoms with Gasteiger partial charge in [-0.15, -0.1) is 0 Å². The van der Waals surface area contributed by atoms with E-state index in [0.717, 1.165) is 0 Å². The van der Waals surface area contributed by atoms with E-state index in [1.165, 1.54) is 32.1 Å². The van der Waals surface area contributed by atoms with Crippen LogP contribution in [0.3, 0.4) is 0 Å². The molecule has 16 heavy (non-hydrogen) atoms. The Kier molecular flexibility index (Phi) is 3.90. The van der Waals surface area contributed by atoms with E-state index in [1.54, 1.807) is 7.11 Å². The quantitative estimate of drug-likeness (QED) is 0.845. The molecule has 0 bridgehead atoms. The van der Waals surface area contributed by atoms with Crippen molar-refractivity contribution in [2.75, 3.05) is 7.11 Å². The van der Waals surface area contributed by atoms with Crippen LogP contribution in [-0.4, -0.2) is 17.3 Å². The summed E-state index contributed by atoms with van der Waals surface area (Å²) in [6.45, 7) is 0.286. The Hall–Kier alpha value is -0.940. The second kappa shape index (κ2) is 5.41. The Morgan fingerprint density at radius 3 is 2.75 bits per heavy atom. The number of aromatic nitrogens is 2. The molecule has 1 unspecified atom stereocenters. The molecule has 0 radical (unpaired) electrons. The lowest BCUT2D eigenvalue weighted by atomic mass is 9.85. The zero-order chi connectivity index (χ0) is 11.4. The van der Waals surface area contributed by atoms with Crippen LogP contribution in [0.25, 0.3) is 0 Å². The normalized spacial score (nSPS) is 19.9. The fraction of sp³-hybridized carbons (Fsp3) is 0.818. The average molecular weight is 225 g/mol. The van der Waals surface area contributed by atoms with Crippen LogP contribution < -0.4 is 5.73 Å². The third-order valence-electron chi connectivity index (χ3n) is 3.24. The van der Waals surface area contributed by atoms with Gasteiger partial charge in [-0.05, 0) is 18.8 Å². The fourth-order valence-corrected chi connectivity index (χ4v) is 2.41. The van der Waals surface area contributed by atoms with E-state index in [0.29, 0.717) is 17.6 Å². The van der Waals surface area contributed by atoms with Gasteiger partial charge in [-0.25, -0.2) is 0 Å². The van der Waals surface area contributed by atoms with Gasteiger partial charge in [-0.1, -0.05) is 24.4 Å². The molecule has 1 heterocycles. The Morgan fingerprint density at radius 2 is 2.19 bits per heavy atom. The molecule has 5 nitrogen and oxygen atoms in total. The maximum absolute atomic E-state index is 5.51. The molecule has 2 N–H and O–H groups in total. The third kappa shape index (κ3) is 2.41. The number of methoxy groups -OCH3 is 1. The van der Waals surface area contributed by atoms with E-state index >= 15 is 0 Å². The summed E-state index contributed by atoms with van der Waals surface area (Å²) in [5.74, 6) is 1.64. The second-order valence-electron chi connectivity index (χ2n) is 4.30. The standard InChI is InChI=1S/C11H19N3O2/c1-15-10(8-5-3-2-4-6-8)11-13-9(7-12)16-14-11/h8,10H,2-7,12H2,1H3. The molecule has 1 saturated carbocycles. The monoisotopic (exact) mass is 225 g/mol. The van der Waals surface area contributed by atoms with Crippen LogP contribution in [0.1, 0.15) is 49.9 Å². The van der Waals surface area contributed by atoms with Crippen molar-refractivity contribution in [2.45, 2.75) is 44.8 Å². The molecule has 0 aliphatic heterocycles. The lowest BCUT2D eigenvalue weighted by molar-refractivity contribution is 0.0273. The predicted molar refractivity (Wildman–Crippen MR) is 58.5 cm³/mol. The van der Waals surface area contributed by atoms with E-state index in [2.05, 4.69) is 10.1 Å². The minimum Gasteiger partial charge on any atom is -0.373 e. The highest BCUT2D eigenvalue weighted by atomic mass is 16.5. The van der Waals surface area contributed by atoms with Crippen LogP contribution in [0, 0.1) is 5.92 Å². The van der Waals surface area contributed by atoms with Crippen molar-refractivity contribution in [3.8, 4) is 0 Å². The Labute approximate surface area is 95.3 Å². The molecule has 2 rings (SSSR count). The summed E-state index contributed by atoms with van der Waals surface area (Å²) in [5.41, 5.74) is 5.45. The van der Waals surface area contributed by atoms with Gasteiger partial charge < -0.3 is 15.0 Å². The number of nitrogens with zero attached hydrogens (tertiary/aromatic N) is 2. The highest BCUT2D eigenvalue weighted by Crippen LogP contribution is 2.35. The maximum atomic E-state index is 5.51. The van der Waals surface area contributed by atoms with E-state index < -0.39 is 0 Å². The largest absolute Gasteiger partial charge is 0.373 e. The Balaban J connectivity index is 2.08. The maximum Gasteiger partial charge on any atom is 0.240 e. The zero-order valence-corrected chi connectivity index (χ0v) is 9.69. The fourth-order valence-electron chi connectivity index (χ4n) is 2.41. The SMILES string of the molecule is COC(c1noc(CN)n1)C1CCCCC1. The van der Waals surface area contributed by atoms with Crippen molar-refractivity contribution in [1.82, 2.24) is 10.1 Å². The van der Waals surface area contributed by atoms with Gasteiger partial charge in [0, 0.05) is 7.11 Å². The molecular weight excluding hydrogens is 206 g/mol. The third-order valence-corrected chi connectivity index (χ3v) is 3.24. The van der Waals surface area contributed by atoms with Crippen LogP contribution in [0.5, 0.6) is 0 Å². The molecule has 1 aromatic heterocycles. The molecule has 1 atom stereocenters. The molecule has 1 aliphatic rings. The van der Waals surface area contributed by atoms with Gasteiger partial charge in [-0.3, -0.25) is 0 Å². The first-order chi connectivity index (χ1) is 7.85. The van der Waals surface area contributed by atoms with Gasteiger partial charge in [0.25, 0.3) is 0 Å². The van der Waals surface area contributed by atoms with E-state index in [9.17, 15) is 0 Å². The topological polar surface area (TPSA) is 74.2 Å². The summed E-state index contributed by atoms with van der Waals surface area (Å²) in [7, 11) is 1.71. The Morgan fingerprint density at radius 1 is 1.44 bits per heavy atom. The summed E-state index contributed by atoms with van der Waals surface area (Å²) in [4.78, 5) is 4.25. The van der Waals surface area contributed by atoms with Crippen LogP contribution in [0.15, 0.2) is 4.52 Å². The summed E-state index contributed by atoms with van der Waals surface area (Å²) in [6, 6.07) is 0. The second-order valence-corrected chi connectivity index (χ2v) is 4.30. The summed E-state index contributed by atoms with van der Waals surface area (Å²) >= 11 is 0. The predicted octanol–water partition coefficient (Wildman–Crippen LogP) is 1.80. The van der Waals surface area contributed by atoms with Crippen LogP contribution in [-0.2, 0) is 11.3 Å². The molecule has 1 aliphatic carbocycles. The first kappa shape index (κ1) is 11.5. The molecule has 0 spiro atoms. The molecule has 5 heteroatoms. The first-order valence-corrected chi connectivity index (χ1v) is 5.90. The summed E-state index contributed by atoms with van der Waals surface area (Å²) < 4.78 is 10.5. The minimum atomic E-state index is -0.0376. The number of hydrogen-bond acceptors (Lipinski definition) is 5. The van der Waals surface area contributed by atoms with Crippen molar-refractivity contribution in [1.29, 1.82) is 0 Å². The molecule has 0 saturated heterocycles. The summed E-state index contributed by atoms with van der Waals surface area (Å²) in [5, 5.41) is 3.94. The van der Waals surface area contributed by atoms with E-state index in [4.69, 9.17) is 15.0 Å². The molecular formula is C11H19N3O2. The van der Waals surface area contributed by atoms with Crippen LogP contribution >= 0.6 is 0 Å². The lowest BCUT2D eigenvalue weighted by Gasteiger charge is -2.26. The van der Waals surface area contributed by atoms with Gasteiger partial charge in [0.05, 0.1) is 6.54 Å². The number of hydrogen-bond donors (Lipinski definition) is 1. The average Bonchev–Trinajstić information content (AvgIpc) is 2.80. The van der Waals surface area contributed by atoms with E-state index in [1.807, 2.05) is 0 Å². The van der Waals surface area contributed by atoms with Crippen molar-refractivity contribution < 1.29 is 9.26 Å². The van der Waals surface area contributed by atoms with Gasteiger partial charge >= 0.3 is 0 Å². The number of rotatable bonds is 4. The number of ether oxygens (including phenoxy) is 1. The highest BCUT2D eigenvalue weighted by Gasteiger charge is 2.28. The summed E-state index contributed by atoms with van der Waals surface area (Å²) in [6.07, 6.45) is 6.20. The Bertz CT molecular complexity index is 321. The zero-order valence-electron chi connectivity index (χ0n) is 9.69. The van der Waals surface area contributed by atoms with Crippen LogP contribution in [0.2, 0.25) is 0 Å². The van der Waals surface area contributed by atoms with Gasteiger partial charge in [0.15, 0.2) is 0 Å². The molecule has 90 valence electrons. The smallest absolute Gasteiger partial charge is 0.240 e. The minimum absolute atomic E-state index is 0.0376. The number of nitrogens with two attached hydrogens (primary N) is 1. The van der Waals surface area contributed by atoms with Crippen molar-refractivity contribution in [3.05, 3.63) is 11.7 Å². The van der Waals surface area contributed by atoms with Crippen LogP contribution in [0.4, 0.5) is 0 Å². The van der Waals surface area contributed by atoms with Crippen molar-refractivity contribution in [2.24, 2.45) is 11.7 Å². The lowest BCUT2D eigenvalue weighted by Crippen LogP contribution is -2.19. The van der Waals surface area contributed by atoms with E-state index in [-0.39, 0.29) is 12.6 Å². The van der Waals surface area contributed by atoms with Gasteiger partial charge in [-0.2, -0.15) is 4.98 Å². The molecule has 0 amide bonds.